The van der Waals surface area contributed by atoms with Gasteiger partial charge in [0.15, 0.2) is 0 Å². The van der Waals surface area contributed by atoms with Gasteiger partial charge in [-0.15, -0.1) is 0 Å². The average Bonchev–Trinajstić information content (AvgIpc) is 2.83. The van der Waals surface area contributed by atoms with E-state index in [-0.39, 0.29) is 5.25 Å². The predicted octanol–water partition coefficient (Wildman–Crippen LogP) is 1.59. The molecule has 1 fully saturated rings. The molecule has 5 heteroatoms. The van der Waals surface area contributed by atoms with E-state index in [0.717, 1.165) is 19.3 Å². The molecule has 0 unspecified atom stereocenters. The number of nitrogens with one attached hydrogen (secondary N) is 1. The summed E-state index contributed by atoms with van der Waals surface area (Å²) in [7, 11) is -3.13. The lowest BCUT2D eigenvalue weighted by atomic mass is 10.2. The lowest BCUT2D eigenvalue weighted by Crippen LogP contribution is -2.38. The van der Waals surface area contributed by atoms with Gasteiger partial charge in [0.2, 0.25) is 10.0 Å². The monoisotopic (exact) mass is 259 g/mol. The predicted molar refractivity (Wildman–Crippen MR) is 67.3 cm³/mol. The molecule has 1 N–H and O–H groups in total. The quantitative estimate of drug-likeness (QED) is 0.763. The molecule has 0 aromatic rings. The summed E-state index contributed by atoms with van der Waals surface area (Å²) in [5.74, 6) is 0. The Hall–Kier alpha value is -0.390. The fourth-order valence-corrected chi connectivity index (χ4v) is 3.86. The number of hydrogen-bond acceptors (Lipinski definition) is 3. The summed E-state index contributed by atoms with van der Waals surface area (Å²) in [5.41, 5.74) is 1.40. The van der Waals surface area contributed by atoms with Crippen LogP contribution < -0.4 is 4.72 Å². The summed E-state index contributed by atoms with van der Waals surface area (Å²) in [6.45, 7) is 1.68. The minimum Gasteiger partial charge on any atom is -0.381 e. The highest BCUT2D eigenvalue weighted by atomic mass is 32.2. The zero-order valence-electron chi connectivity index (χ0n) is 10.2. The molecule has 2 aliphatic rings. The number of allylic oxidation sites excluding steroid dienone is 1. The Labute approximate surface area is 103 Å². The lowest BCUT2D eigenvalue weighted by Gasteiger charge is -2.22. The van der Waals surface area contributed by atoms with Gasteiger partial charge >= 0.3 is 0 Å². The van der Waals surface area contributed by atoms with Crippen LogP contribution in [0.3, 0.4) is 0 Å². The average molecular weight is 259 g/mol. The first-order chi connectivity index (χ1) is 8.18. The molecule has 17 heavy (non-hydrogen) atoms. The van der Waals surface area contributed by atoms with Gasteiger partial charge in [-0.3, -0.25) is 0 Å². The van der Waals surface area contributed by atoms with Crippen LogP contribution in [-0.2, 0) is 14.8 Å². The smallest absolute Gasteiger partial charge is 0.214 e. The molecule has 0 aromatic carbocycles. The van der Waals surface area contributed by atoms with Gasteiger partial charge < -0.3 is 4.74 Å². The van der Waals surface area contributed by atoms with Crippen LogP contribution in [-0.4, -0.2) is 33.4 Å². The molecular formula is C12H21NO3S. The van der Waals surface area contributed by atoms with Crippen LogP contribution in [0.25, 0.3) is 0 Å². The SMILES string of the molecule is O=S(=O)(NCCC1=CCCC1)C1CCOCC1. The molecule has 0 aromatic heterocycles. The molecule has 0 amide bonds. The Kier molecular flexibility index (Phi) is 4.59. The van der Waals surface area contributed by atoms with Crippen LogP contribution in [0.15, 0.2) is 11.6 Å². The first kappa shape index (κ1) is 13.1. The fraction of sp³-hybridized carbons (Fsp3) is 0.833. The van der Waals surface area contributed by atoms with Crippen LogP contribution in [0.4, 0.5) is 0 Å². The normalized spacial score (nSPS) is 22.7. The molecule has 0 bridgehead atoms. The zero-order valence-corrected chi connectivity index (χ0v) is 11.0. The van der Waals surface area contributed by atoms with Crippen molar-refractivity contribution < 1.29 is 13.2 Å². The van der Waals surface area contributed by atoms with E-state index in [1.165, 1.54) is 12.0 Å². The molecule has 2 rings (SSSR count). The number of hydrogen-bond donors (Lipinski definition) is 1. The number of rotatable bonds is 5. The van der Waals surface area contributed by atoms with Crippen LogP contribution in [0.2, 0.25) is 0 Å². The summed E-state index contributed by atoms with van der Waals surface area (Å²) < 4.78 is 31.9. The van der Waals surface area contributed by atoms with E-state index in [9.17, 15) is 8.42 Å². The first-order valence-electron chi connectivity index (χ1n) is 6.42. The molecule has 0 saturated carbocycles. The van der Waals surface area contributed by atoms with Crippen LogP contribution in [0.1, 0.15) is 38.5 Å². The minimum atomic E-state index is -3.13. The summed E-state index contributed by atoms with van der Waals surface area (Å²) >= 11 is 0. The summed E-state index contributed by atoms with van der Waals surface area (Å²) in [5, 5.41) is -0.256. The van der Waals surface area contributed by atoms with Crippen LogP contribution >= 0.6 is 0 Å². The van der Waals surface area contributed by atoms with E-state index < -0.39 is 10.0 Å². The topological polar surface area (TPSA) is 55.4 Å². The lowest BCUT2D eigenvalue weighted by molar-refractivity contribution is 0.0981. The fourth-order valence-electron chi connectivity index (χ4n) is 2.42. The molecule has 4 nitrogen and oxygen atoms in total. The van der Waals surface area contributed by atoms with Crippen molar-refractivity contribution in [1.29, 1.82) is 0 Å². The molecule has 1 aliphatic carbocycles. The van der Waals surface area contributed by atoms with Crippen molar-refractivity contribution in [3.05, 3.63) is 11.6 Å². The summed E-state index contributed by atoms with van der Waals surface area (Å²) in [6.07, 6.45) is 7.87. The molecule has 1 saturated heterocycles. The zero-order chi connectivity index (χ0) is 12.1. The van der Waals surface area contributed by atoms with Crippen molar-refractivity contribution in [2.24, 2.45) is 0 Å². The maximum atomic E-state index is 12.0. The molecular weight excluding hydrogens is 238 g/mol. The van der Waals surface area contributed by atoms with Crippen LogP contribution in [0.5, 0.6) is 0 Å². The Balaban J connectivity index is 1.76. The Morgan fingerprint density at radius 1 is 1.35 bits per heavy atom. The van der Waals surface area contributed by atoms with Gasteiger partial charge in [0.1, 0.15) is 0 Å². The second-order valence-corrected chi connectivity index (χ2v) is 6.80. The maximum absolute atomic E-state index is 12.0. The summed E-state index contributed by atoms with van der Waals surface area (Å²) in [4.78, 5) is 0. The van der Waals surface area contributed by atoms with Crippen molar-refractivity contribution in [1.82, 2.24) is 4.72 Å². The second kappa shape index (κ2) is 5.98. The first-order valence-corrected chi connectivity index (χ1v) is 7.97. The van der Waals surface area contributed by atoms with E-state index in [4.69, 9.17) is 4.74 Å². The van der Waals surface area contributed by atoms with Gasteiger partial charge in [0, 0.05) is 19.8 Å². The highest BCUT2D eigenvalue weighted by molar-refractivity contribution is 7.90. The molecule has 0 spiro atoms. The highest BCUT2D eigenvalue weighted by Gasteiger charge is 2.27. The molecule has 1 aliphatic heterocycles. The van der Waals surface area contributed by atoms with E-state index in [1.54, 1.807) is 0 Å². The van der Waals surface area contributed by atoms with Gasteiger partial charge in [-0.25, -0.2) is 13.1 Å². The van der Waals surface area contributed by atoms with Crippen molar-refractivity contribution >= 4 is 10.0 Å². The molecule has 0 atom stereocenters. The van der Waals surface area contributed by atoms with Gasteiger partial charge in [0.25, 0.3) is 0 Å². The Morgan fingerprint density at radius 2 is 2.12 bits per heavy atom. The number of ether oxygens (including phenoxy) is 1. The third kappa shape index (κ3) is 3.79. The van der Waals surface area contributed by atoms with Crippen molar-refractivity contribution in [3.8, 4) is 0 Å². The maximum Gasteiger partial charge on any atom is 0.214 e. The van der Waals surface area contributed by atoms with Gasteiger partial charge in [0.05, 0.1) is 5.25 Å². The van der Waals surface area contributed by atoms with Crippen molar-refractivity contribution in [2.45, 2.75) is 43.8 Å². The Bertz CT molecular complexity index is 369. The van der Waals surface area contributed by atoms with Crippen molar-refractivity contribution in [2.75, 3.05) is 19.8 Å². The van der Waals surface area contributed by atoms with E-state index >= 15 is 0 Å². The van der Waals surface area contributed by atoms with Crippen LogP contribution in [0, 0.1) is 0 Å². The standard InChI is InChI=1S/C12H21NO3S/c14-17(15,12-6-9-16-10-7-12)13-8-5-11-3-1-2-4-11/h3,12-13H,1-2,4-10H2. The third-order valence-electron chi connectivity index (χ3n) is 3.49. The van der Waals surface area contributed by atoms with E-state index in [2.05, 4.69) is 10.8 Å². The van der Waals surface area contributed by atoms with Crippen molar-refractivity contribution in [3.63, 3.8) is 0 Å². The van der Waals surface area contributed by atoms with Gasteiger partial charge in [-0.2, -0.15) is 0 Å². The number of sulfonamides is 1. The second-order valence-electron chi connectivity index (χ2n) is 4.76. The van der Waals surface area contributed by atoms with Gasteiger partial charge in [-0.1, -0.05) is 11.6 Å². The van der Waals surface area contributed by atoms with E-state index in [1.807, 2.05) is 0 Å². The minimum absolute atomic E-state index is 0.256. The van der Waals surface area contributed by atoms with Gasteiger partial charge in [-0.05, 0) is 38.5 Å². The molecule has 98 valence electrons. The third-order valence-corrected chi connectivity index (χ3v) is 5.45. The summed E-state index contributed by atoms with van der Waals surface area (Å²) in [6, 6.07) is 0. The molecule has 0 radical (unpaired) electrons. The Morgan fingerprint density at radius 3 is 2.76 bits per heavy atom. The van der Waals surface area contributed by atoms with E-state index in [0.29, 0.717) is 32.6 Å². The highest BCUT2D eigenvalue weighted by Crippen LogP contribution is 2.20. The molecule has 1 heterocycles. The largest absolute Gasteiger partial charge is 0.381 e.